The standard InChI is InChI=1S/C28H26ClNO5/c1-18-6-3-4-7-21(18)17-35-23-12-10-19(11-13-23)26(31)24-25(20-8-5-9-22(29)16-20)30(14-15-34-2)28(33)27(24)32/h3-13,16,25,31H,14-15,17H2,1-2H3/b26-24+. The molecule has 3 aromatic rings. The number of amides is 1. The molecule has 1 N–H and O–H groups in total. The average Bonchev–Trinajstić information content (AvgIpc) is 3.12. The fraction of sp³-hybridized carbons (Fsp3) is 0.214. The van der Waals surface area contributed by atoms with Gasteiger partial charge in [-0.1, -0.05) is 48.0 Å². The number of likely N-dealkylation sites (tertiary alicyclic amines) is 1. The Morgan fingerprint density at radius 1 is 1.03 bits per heavy atom. The van der Waals surface area contributed by atoms with Crippen LogP contribution in [-0.2, 0) is 20.9 Å². The van der Waals surface area contributed by atoms with Gasteiger partial charge < -0.3 is 19.5 Å². The molecule has 0 bridgehead atoms. The van der Waals surface area contributed by atoms with Crippen LogP contribution in [-0.4, -0.2) is 42.0 Å². The van der Waals surface area contributed by atoms with Gasteiger partial charge in [-0.15, -0.1) is 0 Å². The molecule has 1 amide bonds. The molecule has 0 spiro atoms. The summed E-state index contributed by atoms with van der Waals surface area (Å²) in [6.45, 7) is 2.88. The number of carbonyl (C=O) groups excluding carboxylic acids is 2. The Morgan fingerprint density at radius 2 is 1.77 bits per heavy atom. The Balaban J connectivity index is 1.65. The number of rotatable bonds is 8. The number of hydrogen-bond acceptors (Lipinski definition) is 5. The van der Waals surface area contributed by atoms with Gasteiger partial charge in [-0.25, -0.2) is 0 Å². The summed E-state index contributed by atoms with van der Waals surface area (Å²) in [6.07, 6.45) is 0. The van der Waals surface area contributed by atoms with Gasteiger partial charge in [0.05, 0.1) is 18.2 Å². The van der Waals surface area contributed by atoms with Crippen LogP contribution in [0.15, 0.2) is 78.4 Å². The van der Waals surface area contributed by atoms with Crippen LogP contribution in [0.5, 0.6) is 5.75 Å². The number of benzene rings is 3. The molecule has 180 valence electrons. The summed E-state index contributed by atoms with van der Waals surface area (Å²) in [5.41, 5.74) is 3.28. The van der Waals surface area contributed by atoms with Gasteiger partial charge in [-0.05, 0) is 60.0 Å². The van der Waals surface area contributed by atoms with Crippen molar-refractivity contribution in [3.05, 3.63) is 106 Å². The molecule has 7 heteroatoms. The van der Waals surface area contributed by atoms with Crippen LogP contribution in [0.1, 0.15) is 28.3 Å². The van der Waals surface area contributed by atoms with Crippen LogP contribution in [0, 0.1) is 6.92 Å². The van der Waals surface area contributed by atoms with E-state index in [4.69, 9.17) is 21.1 Å². The third kappa shape index (κ3) is 5.24. The van der Waals surface area contributed by atoms with E-state index in [1.54, 1.807) is 48.5 Å². The number of aliphatic hydroxyl groups excluding tert-OH is 1. The van der Waals surface area contributed by atoms with E-state index in [2.05, 4.69) is 0 Å². The summed E-state index contributed by atoms with van der Waals surface area (Å²) in [7, 11) is 1.52. The first-order valence-electron chi connectivity index (χ1n) is 11.2. The Bertz CT molecular complexity index is 1270. The number of methoxy groups -OCH3 is 1. The van der Waals surface area contributed by atoms with Crippen molar-refractivity contribution in [2.75, 3.05) is 20.3 Å². The van der Waals surface area contributed by atoms with E-state index in [0.717, 1.165) is 11.1 Å². The van der Waals surface area contributed by atoms with Gasteiger partial charge in [-0.3, -0.25) is 9.59 Å². The van der Waals surface area contributed by atoms with Crippen molar-refractivity contribution in [3.8, 4) is 5.75 Å². The lowest BCUT2D eigenvalue weighted by molar-refractivity contribution is -0.140. The summed E-state index contributed by atoms with van der Waals surface area (Å²) in [6, 6.07) is 20.9. The second-order valence-corrected chi connectivity index (χ2v) is 8.72. The summed E-state index contributed by atoms with van der Waals surface area (Å²) >= 11 is 6.19. The number of aliphatic hydroxyl groups is 1. The maximum absolute atomic E-state index is 13.0. The molecule has 1 aliphatic heterocycles. The van der Waals surface area contributed by atoms with E-state index >= 15 is 0 Å². The molecule has 0 radical (unpaired) electrons. The minimum Gasteiger partial charge on any atom is -0.507 e. The molecule has 1 heterocycles. The van der Waals surface area contributed by atoms with Crippen molar-refractivity contribution in [2.45, 2.75) is 19.6 Å². The minimum absolute atomic E-state index is 0.0157. The number of ketones is 1. The van der Waals surface area contributed by atoms with Crippen LogP contribution in [0.4, 0.5) is 0 Å². The van der Waals surface area contributed by atoms with Crippen molar-refractivity contribution in [1.29, 1.82) is 0 Å². The topological polar surface area (TPSA) is 76.1 Å². The van der Waals surface area contributed by atoms with Gasteiger partial charge in [0.15, 0.2) is 0 Å². The SMILES string of the molecule is COCCN1C(=O)C(=O)/C(=C(/O)c2ccc(OCc3ccccc3C)cc2)C1c1cccc(Cl)c1. The minimum atomic E-state index is -0.777. The van der Waals surface area contributed by atoms with Crippen LogP contribution >= 0.6 is 11.6 Å². The third-order valence-electron chi connectivity index (χ3n) is 6.02. The lowest BCUT2D eigenvalue weighted by Gasteiger charge is -2.25. The maximum atomic E-state index is 13.0. The van der Waals surface area contributed by atoms with Crippen LogP contribution < -0.4 is 4.74 Å². The van der Waals surface area contributed by atoms with Crippen molar-refractivity contribution in [3.63, 3.8) is 0 Å². The molecule has 0 aliphatic carbocycles. The summed E-state index contributed by atoms with van der Waals surface area (Å²) in [5, 5.41) is 11.6. The zero-order valence-electron chi connectivity index (χ0n) is 19.5. The number of hydrogen-bond donors (Lipinski definition) is 1. The fourth-order valence-electron chi connectivity index (χ4n) is 4.12. The molecule has 0 saturated carbocycles. The van der Waals surface area contributed by atoms with Gasteiger partial charge in [0.2, 0.25) is 0 Å². The van der Waals surface area contributed by atoms with E-state index < -0.39 is 17.7 Å². The monoisotopic (exact) mass is 491 g/mol. The van der Waals surface area contributed by atoms with Gasteiger partial charge in [0.25, 0.3) is 11.7 Å². The quantitative estimate of drug-likeness (QED) is 0.263. The Kier molecular flexibility index (Phi) is 7.54. The molecule has 3 aromatic carbocycles. The van der Waals surface area contributed by atoms with Crippen molar-refractivity contribution in [1.82, 2.24) is 4.90 Å². The third-order valence-corrected chi connectivity index (χ3v) is 6.26. The van der Waals surface area contributed by atoms with Crippen molar-refractivity contribution >= 4 is 29.1 Å². The zero-order chi connectivity index (χ0) is 24.9. The number of nitrogens with zero attached hydrogens (tertiary/aromatic N) is 1. The number of Topliss-reactive ketones (excluding diaryl/α,β-unsaturated/α-hetero) is 1. The van der Waals surface area contributed by atoms with E-state index in [9.17, 15) is 14.7 Å². The summed E-state index contributed by atoms with van der Waals surface area (Å²) < 4.78 is 11.0. The largest absolute Gasteiger partial charge is 0.507 e. The highest BCUT2D eigenvalue weighted by Crippen LogP contribution is 2.40. The number of ether oxygens (including phenoxy) is 2. The van der Waals surface area contributed by atoms with Gasteiger partial charge in [0.1, 0.15) is 18.1 Å². The number of halogens is 1. The highest BCUT2D eigenvalue weighted by molar-refractivity contribution is 6.46. The summed E-state index contributed by atoms with van der Waals surface area (Å²) in [5.74, 6) is -1.06. The predicted octanol–water partition coefficient (Wildman–Crippen LogP) is 5.30. The highest BCUT2D eigenvalue weighted by Gasteiger charge is 2.45. The van der Waals surface area contributed by atoms with Crippen molar-refractivity contribution < 1.29 is 24.2 Å². The Morgan fingerprint density at radius 3 is 2.46 bits per heavy atom. The molecule has 1 fully saturated rings. The molecule has 1 unspecified atom stereocenters. The smallest absolute Gasteiger partial charge is 0.295 e. The highest BCUT2D eigenvalue weighted by atomic mass is 35.5. The summed E-state index contributed by atoms with van der Waals surface area (Å²) in [4.78, 5) is 27.3. The van der Waals surface area contributed by atoms with Gasteiger partial charge >= 0.3 is 0 Å². The van der Waals surface area contributed by atoms with Gasteiger partial charge in [-0.2, -0.15) is 0 Å². The van der Waals surface area contributed by atoms with Crippen LogP contribution in [0.25, 0.3) is 5.76 Å². The van der Waals surface area contributed by atoms with E-state index in [1.807, 2.05) is 31.2 Å². The molecule has 6 nitrogen and oxygen atoms in total. The lowest BCUT2D eigenvalue weighted by atomic mass is 9.95. The first-order valence-corrected chi connectivity index (χ1v) is 11.6. The second kappa shape index (κ2) is 10.8. The fourth-order valence-corrected chi connectivity index (χ4v) is 4.32. The zero-order valence-corrected chi connectivity index (χ0v) is 20.3. The molecule has 0 aromatic heterocycles. The van der Waals surface area contributed by atoms with Crippen molar-refractivity contribution in [2.24, 2.45) is 0 Å². The first kappa shape index (κ1) is 24.5. The normalized spacial score (nSPS) is 17.1. The maximum Gasteiger partial charge on any atom is 0.295 e. The molecule has 1 atom stereocenters. The van der Waals surface area contributed by atoms with E-state index in [0.29, 0.717) is 28.5 Å². The molecular weight excluding hydrogens is 466 g/mol. The molecular formula is C28H26ClNO5. The average molecular weight is 492 g/mol. The molecule has 1 saturated heterocycles. The lowest BCUT2D eigenvalue weighted by Crippen LogP contribution is -2.32. The van der Waals surface area contributed by atoms with Gasteiger partial charge in [0, 0.05) is 24.2 Å². The Hall–Kier alpha value is -3.61. The molecule has 4 rings (SSSR count). The van der Waals surface area contributed by atoms with E-state index in [-0.39, 0.29) is 24.5 Å². The Labute approximate surface area is 209 Å². The first-order chi connectivity index (χ1) is 16.9. The predicted molar refractivity (Wildman–Crippen MR) is 134 cm³/mol. The number of carbonyl (C=O) groups is 2. The molecule has 35 heavy (non-hydrogen) atoms. The van der Waals surface area contributed by atoms with Crippen LogP contribution in [0.3, 0.4) is 0 Å². The second-order valence-electron chi connectivity index (χ2n) is 8.28. The van der Waals surface area contributed by atoms with Crippen LogP contribution in [0.2, 0.25) is 5.02 Å². The number of aryl methyl sites for hydroxylation is 1. The van der Waals surface area contributed by atoms with E-state index in [1.165, 1.54) is 12.0 Å². The molecule has 1 aliphatic rings.